The van der Waals surface area contributed by atoms with Crippen molar-refractivity contribution < 1.29 is 33.4 Å². The summed E-state index contributed by atoms with van der Waals surface area (Å²) in [6, 6.07) is 3.43. The van der Waals surface area contributed by atoms with Gasteiger partial charge in [0.05, 0.1) is 12.7 Å². The lowest BCUT2D eigenvalue weighted by Gasteiger charge is -2.46. The van der Waals surface area contributed by atoms with Crippen LogP contribution in [0.3, 0.4) is 0 Å². The first kappa shape index (κ1) is 22.8. The van der Waals surface area contributed by atoms with Gasteiger partial charge in [-0.1, -0.05) is 20.8 Å². The second kappa shape index (κ2) is 8.72. The van der Waals surface area contributed by atoms with Gasteiger partial charge in [-0.2, -0.15) is 0 Å². The molecule has 2 saturated heterocycles. The van der Waals surface area contributed by atoms with Gasteiger partial charge in [-0.3, -0.25) is 4.79 Å². The molecule has 2 amide bonds. The number of amides is 2. The first-order chi connectivity index (χ1) is 14.5. The van der Waals surface area contributed by atoms with Gasteiger partial charge < -0.3 is 24.4 Å². The van der Waals surface area contributed by atoms with Gasteiger partial charge in [0.2, 0.25) is 0 Å². The Morgan fingerprint density at radius 1 is 1.19 bits per heavy atom. The van der Waals surface area contributed by atoms with Crippen LogP contribution in [0.25, 0.3) is 0 Å². The molecule has 0 aliphatic carbocycles. The molecular formula is C22H29FN2O6. The van der Waals surface area contributed by atoms with Crippen molar-refractivity contribution in [2.24, 2.45) is 5.41 Å². The number of carbonyl (C=O) groups is 3. The fourth-order valence-electron chi connectivity index (χ4n) is 4.42. The number of carbonyl (C=O) groups excluding carboxylic acids is 2. The van der Waals surface area contributed by atoms with E-state index in [1.165, 1.54) is 24.1 Å². The smallest absolute Gasteiger partial charge is 0.407 e. The lowest BCUT2D eigenvalue weighted by molar-refractivity contribution is -0.136. The van der Waals surface area contributed by atoms with E-state index in [-0.39, 0.29) is 34.7 Å². The van der Waals surface area contributed by atoms with Crippen LogP contribution in [0.4, 0.5) is 9.18 Å². The van der Waals surface area contributed by atoms with Crippen molar-refractivity contribution in [2.45, 2.75) is 58.2 Å². The second-order valence-electron chi connectivity index (χ2n) is 9.10. The molecule has 1 N–H and O–H groups in total. The van der Waals surface area contributed by atoms with Crippen LogP contribution in [0.1, 0.15) is 50.4 Å². The number of hydrogen-bond acceptors (Lipinski definition) is 5. The van der Waals surface area contributed by atoms with Crippen molar-refractivity contribution in [1.82, 2.24) is 9.80 Å². The van der Waals surface area contributed by atoms with Crippen molar-refractivity contribution in [1.29, 1.82) is 0 Å². The summed E-state index contributed by atoms with van der Waals surface area (Å²) >= 11 is 0. The number of likely N-dealkylation sites (tertiary alicyclic amines) is 2. The maximum Gasteiger partial charge on any atom is 0.407 e. The van der Waals surface area contributed by atoms with E-state index in [9.17, 15) is 23.9 Å². The number of piperidine rings is 1. The van der Waals surface area contributed by atoms with Gasteiger partial charge in [0.25, 0.3) is 5.91 Å². The molecule has 9 heteroatoms. The standard InChI is InChI=1S/C22H29FN2O6/c1-22(2,3)18-12-14(7-9-25(18)21(28)29)24-10-8-17(19(24)26)31-16-6-5-13(11-15(16)23)20(27)30-4/h5-6,11,14,17-18H,7-10,12H2,1-4H3,(H,28,29). The Balaban J connectivity index is 1.69. The molecule has 0 aromatic heterocycles. The Bertz CT molecular complexity index is 868. The first-order valence-electron chi connectivity index (χ1n) is 10.4. The molecule has 0 saturated carbocycles. The Kier molecular flexibility index (Phi) is 6.43. The number of esters is 1. The maximum atomic E-state index is 14.4. The second-order valence-corrected chi connectivity index (χ2v) is 9.10. The van der Waals surface area contributed by atoms with Crippen molar-refractivity contribution in [2.75, 3.05) is 20.2 Å². The summed E-state index contributed by atoms with van der Waals surface area (Å²) in [6.07, 6.45) is -0.242. The van der Waals surface area contributed by atoms with E-state index < -0.39 is 24.0 Å². The summed E-state index contributed by atoms with van der Waals surface area (Å²) in [7, 11) is 1.21. The molecule has 2 heterocycles. The van der Waals surface area contributed by atoms with Crippen molar-refractivity contribution in [3.05, 3.63) is 29.6 Å². The predicted octanol–water partition coefficient (Wildman–Crippen LogP) is 3.15. The molecule has 3 unspecified atom stereocenters. The molecule has 8 nitrogen and oxygen atoms in total. The maximum absolute atomic E-state index is 14.4. The van der Waals surface area contributed by atoms with Gasteiger partial charge in [0.15, 0.2) is 17.7 Å². The fraction of sp³-hybridized carbons (Fsp3) is 0.591. The molecular weight excluding hydrogens is 407 g/mol. The summed E-state index contributed by atoms with van der Waals surface area (Å²) in [6.45, 7) is 6.82. The average Bonchev–Trinajstić information content (AvgIpc) is 3.07. The molecule has 0 radical (unpaired) electrons. The minimum absolute atomic E-state index is 0.0603. The monoisotopic (exact) mass is 436 g/mol. The first-order valence-corrected chi connectivity index (χ1v) is 10.4. The predicted molar refractivity (Wildman–Crippen MR) is 109 cm³/mol. The zero-order valence-electron chi connectivity index (χ0n) is 18.3. The number of ether oxygens (including phenoxy) is 2. The number of carboxylic acid groups (broad SMARTS) is 1. The molecule has 170 valence electrons. The van der Waals surface area contributed by atoms with Gasteiger partial charge >= 0.3 is 12.1 Å². The molecule has 1 aromatic carbocycles. The molecule has 1 aromatic rings. The van der Waals surface area contributed by atoms with Crippen LogP contribution < -0.4 is 4.74 Å². The van der Waals surface area contributed by atoms with E-state index in [1.807, 2.05) is 20.8 Å². The Morgan fingerprint density at radius 3 is 2.48 bits per heavy atom. The summed E-state index contributed by atoms with van der Waals surface area (Å²) < 4.78 is 24.6. The number of methoxy groups -OCH3 is 1. The number of halogens is 1. The van der Waals surface area contributed by atoms with Crippen LogP contribution in [-0.4, -0.2) is 71.3 Å². The topological polar surface area (TPSA) is 96.4 Å². The van der Waals surface area contributed by atoms with Gasteiger partial charge in [-0.25, -0.2) is 14.0 Å². The Morgan fingerprint density at radius 2 is 1.90 bits per heavy atom. The minimum atomic E-state index is -0.946. The van der Waals surface area contributed by atoms with Gasteiger partial charge in [-0.05, 0) is 36.5 Å². The Hall–Kier alpha value is -2.84. The van der Waals surface area contributed by atoms with E-state index in [4.69, 9.17) is 4.74 Å². The zero-order valence-corrected chi connectivity index (χ0v) is 18.3. The van der Waals surface area contributed by atoms with E-state index in [0.717, 1.165) is 6.07 Å². The zero-order chi connectivity index (χ0) is 22.9. The lowest BCUT2D eigenvalue weighted by atomic mass is 9.79. The largest absolute Gasteiger partial charge is 0.477 e. The number of benzene rings is 1. The summed E-state index contributed by atoms with van der Waals surface area (Å²) in [5, 5.41) is 9.54. The van der Waals surface area contributed by atoms with Crippen LogP contribution in [-0.2, 0) is 9.53 Å². The van der Waals surface area contributed by atoms with Gasteiger partial charge in [-0.15, -0.1) is 0 Å². The summed E-state index contributed by atoms with van der Waals surface area (Å²) in [5.41, 5.74) is -0.203. The molecule has 0 spiro atoms. The van der Waals surface area contributed by atoms with E-state index >= 15 is 0 Å². The van der Waals surface area contributed by atoms with E-state index in [1.54, 1.807) is 4.90 Å². The average molecular weight is 436 g/mol. The Labute approximate surface area is 180 Å². The molecule has 0 bridgehead atoms. The van der Waals surface area contributed by atoms with Crippen LogP contribution in [0.2, 0.25) is 0 Å². The van der Waals surface area contributed by atoms with Crippen LogP contribution in [0.15, 0.2) is 18.2 Å². The molecule has 2 aliphatic heterocycles. The molecule has 31 heavy (non-hydrogen) atoms. The van der Waals surface area contributed by atoms with Crippen molar-refractivity contribution >= 4 is 18.0 Å². The van der Waals surface area contributed by atoms with E-state index in [0.29, 0.717) is 32.4 Å². The highest BCUT2D eigenvalue weighted by molar-refractivity contribution is 5.89. The molecule has 3 atom stereocenters. The molecule has 2 aliphatic rings. The molecule has 2 fully saturated rings. The number of rotatable bonds is 4. The van der Waals surface area contributed by atoms with Gasteiger partial charge in [0.1, 0.15) is 0 Å². The summed E-state index contributed by atoms with van der Waals surface area (Å²) in [5.74, 6) is -1.72. The highest BCUT2D eigenvalue weighted by atomic mass is 19.1. The van der Waals surface area contributed by atoms with Gasteiger partial charge in [0, 0.05) is 31.6 Å². The van der Waals surface area contributed by atoms with Crippen LogP contribution in [0.5, 0.6) is 5.75 Å². The highest BCUT2D eigenvalue weighted by Gasteiger charge is 2.44. The van der Waals surface area contributed by atoms with Crippen molar-refractivity contribution in [3.63, 3.8) is 0 Å². The molecule has 3 rings (SSSR count). The van der Waals surface area contributed by atoms with Crippen LogP contribution >= 0.6 is 0 Å². The third-order valence-corrected chi connectivity index (χ3v) is 6.07. The third kappa shape index (κ3) is 4.75. The van der Waals surface area contributed by atoms with E-state index in [2.05, 4.69) is 4.74 Å². The lowest BCUT2D eigenvalue weighted by Crippen LogP contribution is -2.56. The number of hydrogen-bond donors (Lipinski definition) is 1. The number of nitrogens with zero attached hydrogens (tertiary/aromatic N) is 2. The minimum Gasteiger partial charge on any atom is -0.477 e. The van der Waals surface area contributed by atoms with Crippen LogP contribution in [0, 0.1) is 11.2 Å². The summed E-state index contributed by atoms with van der Waals surface area (Å²) in [4.78, 5) is 39.3. The highest BCUT2D eigenvalue weighted by Crippen LogP contribution is 2.35. The third-order valence-electron chi connectivity index (χ3n) is 6.07. The van der Waals surface area contributed by atoms with Crippen molar-refractivity contribution in [3.8, 4) is 5.75 Å². The normalized spacial score (nSPS) is 24.3. The fourth-order valence-corrected chi connectivity index (χ4v) is 4.42. The SMILES string of the molecule is COC(=O)c1ccc(OC2CCN(C3CCN(C(=O)O)C(C(C)(C)C)C3)C2=O)c(F)c1. The quantitative estimate of drug-likeness (QED) is 0.729.